The van der Waals surface area contributed by atoms with Gasteiger partial charge in [-0.05, 0) is 87.1 Å². The van der Waals surface area contributed by atoms with Gasteiger partial charge >= 0.3 is 6.03 Å². The number of likely N-dealkylation sites (tertiary alicyclic amines) is 1. The number of amides is 2. The Morgan fingerprint density at radius 2 is 1.79 bits per heavy atom. The van der Waals surface area contributed by atoms with E-state index in [0.29, 0.717) is 19.0 Å². The summed E-state index contributed by atoms with van der Waals surface area (Å²) in [6, 6.07) is 2.05. The third-order valence-corrected chi connectivity index (χ3v) is 8.51. The molecule has 0 saturated carbocycles. The molecule has 0 aromatic heterocycles. The second-order valence-electron chi connectivity index (χ2n) is 8.50. The molecule has 6 nitrogen and oxygen atoms in total. The van der Waals surface area contributed by atoms with E-state index in [0.717, 1.165) is 57.2 Å². The predicted molar refractivity (Wildman–Crippen MR) is 117 cm³/mol. The van der Waals surface area contributed by atoms with Gasteiger partial charge < -0.3 is 5.32 Å². The molecule has 1 aromatic carbocycles. The van der Waals surface area contributed by atoms with Crippen LogP contribution < -0.4 is 10.0 Å². The molecule has 2 unspecified atom stereocenters. The Kier molecular flexibility index (Phi) is 7.90. The third-order valence-electron chi connectivity index (χ3n) is 6.78. The molecule has 0 spiro atoms. The van der Waals surface area contributed by atoms with Gasteiger partial charge in [0.25, 0.3) is 0 Å². The first-order valence-corrected chi connectivity index (χ1v) is 12.2. The van der Waals surface area contributed by atoms with Crippen molar-refractivity contribution in [1.82, 2.24) is 9.62 Å². The Labute approximate surface area is 217 Å². The minimum absolute atomic E-state index is 0. The molecule has 2 amide bonds. The van der Waals surface area contributed by atoms with Crippen molar-refractivity contribution in [3.05, 3.63) is 28.3 Å². The van der Waals surface area contributed by atoms with E-state index in [1.54, 1.807) is 0 Å². The summed E-state index contributed by atoms with van der Waals surface area (Å²) in [7, 11) is -3.69. The average Bonchev–Trinajstić information content (AvgIpc) is 3.39. The number of urea groups is 1. The molecule has 1 aromatic rings. The van der Waals surface area contributed by atoms with Crippen LogP contribution in [0.3, 0.4) is 0 Å². The van der Waals surface area contributed by atoms with Gasteiger partial charge in [-0.2, -0.15) is 0 Å². The smallest absolute Gasteiger partial charge is 0.307 e. The Morgan fingerprint density at radius 3 is 2.38 bits per heavy atom. The molecule has 2 aliphatic carbocycles. The number of fused-ring (bicyclic) bond motifs is 2. The number of carbonyl (C=O) groups is 1. The van der Waals surface area contributed by atoms with Crippen molar-refractivity contribution in [2.75, 3.05) is 18.4 Å². The summed E-state index contributed by atoms with van der Waals surface area (Å²) < 4.78 is 27.8. The molecular weight excluding hydrogens is 413 g/mol. The zero-order valence-corrected chi connectivity index (χ0v) is 21.8. The van der Waals surface area contributed by atoms with Gasteiger partial charge in [-0.15, -0.1) is 0 Å². The maximum absolute atomic E-state index is 12.8. The van der Waals surface area contributed by atoms with E-state index in [-0.39, 0.29) is 51.4 Å². The number of anilines is 1. The van der Waals surface area contributed by atoms with Crippen LogP contribution in [0, 0.1) is 0 Å². The molecule has 8 heteroatoms. The SMILES string of the molecule is CCC(C)N1CCC(S(=O)(=O)NC(=O)Nc2c3c(cc4c2CCC4)CCC3)C1.[K]. The Balaban J connectivity index is 0.00000240. The van der Waals surface area contributed by atoms with Gasteiger partial charge in [-0.25, -0.2) is 17.9 Å². The zero-order valence-electron chi connectivity index (χ0n) is 17.9. The number of nitrogens with zero attached hydrogens (tertiary/aromatic N) is 1. The molecule has 0 bridgehead atoms. The minimum Gasteiger partial charge on any atom is -0.307 e. The van der Waals surface area contributed by atoms with Gasteiger partial charge in [0.15, 0.2) is 0 Å². The first-order valence-electron chi connectivity index (χ1n) is 10.6. The van der Waals surface area contributed by atoms with Crippen molar-refractivity contribution in [2.24, 2.45) is 0 Å². The van der Waals surface area contributed by atoms with Gasteiger partial charge in [-0.3, -0.25) is 4.90 Å². The maximum Gasteiger partial charge on any atom is 0.332 e. The van der Waals surface area contributed by atoms with Crippen molar-refractivity contribution in [3.63, 3.8) is 0 Å². The Morgan fingerprint density at radius 1 is 1.17 bits per heavy atom. The van der Waals surface area contributed by atoms with Crippen molar-refractivity contribution in [2.45, 2.75) is 76.5 Å². The van der Waals surface area contributed by atoms with E-state index in [9.17, 15) is 13.2 Å². The fraction of sp³-hybridized carbons (Fsp3) is 0.667. The van der Waals surface area contributed by atoms with Gasteiger partial charge in [0, 0.05) is 69.7 Å². The average molecular weight is 445 g/mol. The van der Waals surface area contributed by atoms with Crippen LogP contribution >= 0.6 is 0 Å². The molecule has 3 aliphatic rings. The van der Waals surface area contributed by atoms with Crippen LogP contribution in [0.15, 0.2) is 6.07 Å². The summed E-state index contributed by atoms with van der Waals surface area (Å²) in [4.78, 5) is 14.8. The van der Waals surface area contributed by atoms with E-state index in [1.165, 1.54) is 22.3 Å². The molecule has 1 heterocycles. The van der Waals surface area contributed by atoms with Crippen LogP contribution in [0.25, 0.3) is 0 Å². The van der Waals surface area contributed by atoms with Crippen LogP contribution in [0.2, 0.25) is 0 Å². The fourth-order valence-electron chi connectivity index (χ4n) is 4.98. The number of sulfonamides is 1. The molecule has 155 valence electrons. The standard InChI is InChI=1S/C21H31N3O3S.K/c1-3-14(2)24-11-10-17(13-24)28(26,27)23-21(25)22-20-18-8-4-6-15(18)12-16-7-5-9-19(16)20;/h12,14,17H,3-11,13H2,1-2H3,(H2,22,23,25);. The zero-order chi connectivity index (χ0) is 19.9. The second-order valence-corrected chi connectivity index (χ2v) is 10.5. The van der Waals surface area contributed by atoms with Crippen molar-refractivity contribution in [1.29, 1.82) is 0 Å². The first-order chi connectivity index (χ1) is 13.4. The van der Waals surface area contributed by atoms with Gasteiger partial charge in [0.05, 0.1) is 5.25 Å². The molecule has 1 aliphatic heterocycles. The summed E-state index contributed by atoms with van der Waals surface area (Å²) in [6.07, 6.45) is 7.76. The van der Waals surface area contributed by atoms with E-state index >= 15 is 0 Å². The molecule has 29 heavy (non-hydrogen) atoms. The van der Waals surface area contributed by atoms with E-state index < -0.39 is 21.3 Å². The number of nitrogens with one attached hydrogen (secondary N) is 2. The molecule has 1 radical (unpaired) electrons. The number of benzene rings is 1. The van der Waals surface area contributed by atoms with E-state index in [1.807, 2.05) is 0 Å². The van der Waals surface area contributed by atoms with Crippen LogP contribution in [0.4, 0.5) is 10.5 Å². The summed E-state index contributed by atoms with van der Waals surface area (Å²) in [5.74, 6) is 0. The van der Waals surface area contributed by atoms with Gasteiger partial charge in [0.2, 0.25) is 10.0 Å². The summed E-state index contributed by atoms with van der Waals surface area (Å²) >= 11 is 0. The number of hydrogen-bond donors (Lipinski definition) is 2. The van der Waals surface area contributed by atoms with Crippen LogP contribution in [-0.4, -0.2) is 95.1 Å². The molecular formula is C21H31KN3O3S. The van der Waals surface area contributed by atoms with Gasteiger partial charge in [-0.1, -0.05) is 13.0 Å². The summed E-state index contributed by atoms with van der Waals surface area (Å²) in [6.45, 7) is 5.48. The molecule has 2 atom stereocenters. The van der Waals surface area contributed by atoms with Crippen LogP contribution in [-0.2, 0) is 35.7 Å². The second kappa shape index (κ2) is 9.67. The minimum atomic E-state index is -3.69. The number of aryl methyl sites for hydroxylation is 2. The molecule has 1 fully saturated rings. The maximum atomic E-state index is 12.8. The Bertz CT molecular complexity index is 855. The van der Waals surface area contributed by atoms with Crippen LogP contribution in [0.5, 0.6) is 0 Å². The predicted octanol–water partition coefficient (Wildman–Crippen LogP) is 2.61. The van der Waals surface area contributed by atoms with Crippen molar-refractivity contribution >= 4 is 73.1 Å². The van der Waals surface area contributed by atoms with Crippen molar-refractivity contribution in [3.8, 4) is 0 Å². The van der Waals surface area contributed by atoms with E-state index in [4.69, 9.17) is 0 Å². The summed E-state index contributed by atoms with van der Waals surface area (Å²) in [5, 5.41) is 2.40. The number of rotatable bonds is 5. The topological polar surface area (TPSA) is 78.5 Å². The molecule has 4 rings (SSSR count). The fourth-order valence-corrected chi connectivity index (χ4v) is 6.26. The Hall–Kier alpha value is 0.0364. The third kappa shape index (κ3) is 4.94. The van der Waals surface area contributed by atoms with E-state index in [2.05, 4.69) is 34.9 Å². The summed E-state index contributed by atoms with van der Waals surface area (Å²) in [5.41, 5.74) is 5.93. The quantitative estimate of drug-likeness (QED) is 0.685. The van der Waals surface area contributed by atoms with Crippen molar-refractivity contribution < 1.29 is 13.2 Å². The largest absolute Gasteiger partial charge is 0.332 e. The monoisotopic (exact) mass is 444 g/mol. The number of carbonyl (C=O) groups excluding carboxylic acids is 1. The van der Waals surface area contributed by atoms with Crippen LogP contribution in [0.1, 0.15) is 61.8 Å². The normalized spacial score (nSPS) is 21.9. The molecule has 1 saturated heterocycles. The number of hydrogen-bond acceptors (Lipinski definition) is 4. The first kappa shape index (κ1) is 23.7. The molecule has 2 N–H and O–H groups in total. The van der Waals surface area contributed by atoms with Gasteiger partial charge in [0.1, 0.15) is 0 Å².